The molecule has 1 N–H and O–H groups in total. The van der Waals surface area contributed by atoms with Gasteiger partial charge in [-0.1, -0.05) is 0 Å². The predicted octanol–water partition coefficient (Wildman–Crippen LogP) is 1.95. The largest absolute Gasteiger partial charge is 0.367 e. The molecule has 0 atom stereocenters. The summed E-state index contributed by atoms with van der Waals surface area (Å²) in [4.78, 5) is 26.7. The summed E-state index contributed by atoms with van der Waals surface area (Å²) in [7, 11) is 0. The van der Waals surface area contributed by atoms with E-state index in [0.29, 0.717) is 23.8 Å². The molecule has 2 aliphatic rings. The third-order valence-corrected chi connectivity index (χ3v) is 5.45. The Morgan fingerprint density at radius 2 is 2.24 bits per heavy atom. The van der Waals surface area contributed by atoms with Crippen molar-refractivity contribution in [3.63, 3.8) is 0 Å². The highest BCUT2D eigenvalue weighted by Gasteiger charge is 2.49. The van der Waals surface area contributed by atoms with Crippen molar-refractivity contribution in [3.8, 4) is 0 Å². The molecule has 3 heterocycles. The van der Waals surface area contributed by atoms with Crippen LogP contribution in [0, 0.1) is 5.41 Å². The molecule has 1 spiro atoms. The average Bonchev–Trinajstić information content (AvgIpc) is 3.25. The van der Waals surface area contributed by atoms with Gasteiger partial charge in [-0.25, -0.2) is 15.0 Å². The van der Waals surface area contributed by atoms with Gasteiger partial charge in [-0.05, 0) is 37.2 Å². The zero-order chi connectivity index (χ0) is 17.1. The Labute approximate surface area is 147 Å². The molecule has 7 nitrogen and oxygen atoms in total. The third-order valence-electron chi connectivity index (χ3n) is 5.45. The summed E-state index contributed by atoms with van der Waals surface area (Å²) in [5.74, 6) is 1.18. The molecule has 2 aromatic heterocycles. The van der Waals surface area contributed by atoms with E-state index in [1.807, 2.05) is 16.8 Å². The first-order valence-corrected chi connectivity index (χ1v) is 8.99. The first-order chi connectivity index (χ1) is 12.2. The highest BCUT2D eigenvalue weighted by atomic mass is 16.2. The second-order valence-corrected chi connectivity index (χ2v) is 7.31. The summed E-state index contributed by atoms with van der Waals surface area (Å²) in [6.07, 6.45) is 13.7. The Morgan fingerprint density at radius 1 is 1.32 bits per heavy atom. The number of imidazole rings is 1. The Hall–Kier alpha value is -2.44. The quantitative estimate of drug-likeness (QED) is 0.870. The normalized spacial score (nSPS) is 25.1. The molecule has 132 valence electrons. The van der Waals surface area contributed by atoms with E-state index in [9.17, 15) is 4.79 Å². The van der Waals surface area contributed by atoms with Crippen molar-refractivity contribution >= 4 is 11.7 Å². The monoisotopic (exact) mass is 340 g/mol. The standard InChI is InChI=1S/C18H24N6O/c25-17(2-1-7-23-9-6-20-14-23)24-8-4-18(12-24)10-15(11-18)22-16-3-5-19-13-21-16/h3,5-6,9,13-15H,1-2,4,7-8,10-12H2,(H,19,21,22). The molecule has 25 heavy (non-hydrogen) atoms. The topological polar surface area (TPSA) is 75.9 Å². The molecule has 0 aromatic carbocycles. The van der Waals surface area contributed by atoms with E-state index in [1.165, 1.54) is 0 Å². The maximum absolute atomic E-state index is 12.4. The minimum absolute atomic E-state index is 0.296. The Balaban J connectivity index is 1.20. The van der Waals surface area contributed by atoms with Crippen molar-refractivity contribution in [3.05, 3.63) is 37.3 Å². The number of nitrogens with one attached hydrogen (secondary N) is 1. The number of carbonyl (C=O) groups is 1. The van der Waals surface area contributed by atoms with Crippen molar-refractivity contribution in [2.45, 2.75) is 44.7 Å². The zero-order valence-corrected chi connectivity index (χ0v) is 14.3. The molecule has 1 saturated carbocycles. The molecular weight excluding hydrogens is 316 g/mol. The maximum atomic E-state index is 12.4. The van der Waals surface area contributed by atoms with Crippen LogP contribution in [0.4, 0.5) is 5.82 Å². The zero-order valence-electron chi connectivity index (χ0n) is 14.3. The first-order valence-electron chi connectivity index (χ1n) is 8.99. The Bertz CT molecular complexity index is 696. The lowest BCUT2D eigenvalue weighted by Gasteiger charge is -2.45. The molecule has 1 saturated heterocycles. The summed E-state index contributed by atoms with van der Waals surface area (Å²) in [5.41, 5.74) is 0.324. The van der Waals surface area contributed by atoms with Crippen LogP contribution in [0.25, 0.3) is 0 Å². The summed E-state index contributed by atoms with van der Waals surface area (Å²) in [6.45, 7) is 2.68. The van der Waals surface area contributed by atoms with Crippen molar-refractivity contribution in [1.82, 2.24) is 24.4 Å². The molecule has 7 heteroatoms. The van der Waals surface area contributed by atoms with Crippen LogP contribution in [0.15, 0.2) is 37.3 Å². The van der Waals surface area contributed by atoms with Crippen molar-refractivity contribution in [1.29, 1.82) is 0 Å². The van der Waals surface area contributed by atoms with Gasteiger partial charge < -0.3 is 14.8 Å². The first kappa shape index (κ1) is 16.1. The molecule has 1 amide bonds. The van der Waals surface area contributed by atoms with Crippen LogP contribution in [0.3, 0.4) is 0 Å². The second-order valence-electron chi connectivity index (χ2n) is 7.31. The van der Waals surface area contributed by atoms with Gasteiger partial charge in [0.15, 0.2) is 0 Å². The van der Waals surface area contributed by atoms with Crippen LogP contribution in [0.5, 0.6) is 0 Å². The number of nitrogens with zero attached hydrogens (tertiary/aromatic N) is 5. The molecule has 1 aliphatic heterocycles. The second kappa shape index (κ2) is 6.82. The number of anilines is 1. The maximum Gasteiger partial charge on any atom is 0.222 e. The van der Waals surface area contributed by atoms with E-state index < -0.39 is 0 Å². The lowest BCUT2D eigenvalue weighted by Crippen LogP contribution is -2.47. The van der Waals surface area contributed by atoms with Gasteiger partial charge in [0.1, 0.15) is 12.1 Å². The number of hydrogen-bond donors (Lipinski definition) is 1. The third kappa shape index (κ3) is 3.65. The highest BCUT2D eigenvalue weighted by molar-refractivity contribution is 5.76. The Kier molecular flexibility index (Phi) is 4.38. The number of amides is 1. The molecule has 1 aliphatic carbocycles. The minimum Gasteiger partial charge on any atom is -0.367 e. The summed E-state index contributed by atoms with van der Waals surface area (Å²) < 4.78 is 2.02. The average molecular weight is 340 g/mol. The van der Waals surface area contributed by atoms with E-state index in [0.717, 1.165) is 51.1 Å². The molecule has 0 bridgehead atoms. The Morgan fingerprint density at radius 3 is 3.00 bits per heavy atom. The van der Waals surface area contributed by atoms with E-state index in [2.05, 4.69) is 25.2 Å². The number of rotatable bonds is 6. The predicted molar refractivity (Wildman–Crippen MR) is 93.8 cm³/mol. The fourth-order valence-electron chi connectivity index (χ4n) is 4.14. The fourth-order valence-corrected chi connectivity index (χ4v) is 4.14. The van der Waals surface area contributed by atoms with E-state index >= 15 is 0 Å². The number of aryl methyl sites for hydroxylation is 1. The number of likely N-dealkylation sites (tertiary alicyclic amines) is 1. The van der Waals surface area contributed by atoms with Gasteiger partial charge in [0.2, 0.25) is 5.91 Å². The number of hydrogen-bond acceptors (Lipinski definition) is 5. The van der Waals surface area contributed by atoms with Gasteiger partial charge in [0.25, 0.3) is 0 Å². The van der Waals surface area contributed by atoms with Gasteiger partial charge in [0, 0.05) is 50.7 Å². The van der Waals surface area contributed by atoms with E-state index in [1.54, 1.807) is 25.0 Å². The van der Waals surface area contributed by atoms with Gasteiger partial charge >= 0.3 is 0 Å². The molecule has 0 radical (unpaired) electrons. The number of aromatic nitrogens is 4. The lowest BCUT2D eigenvalue weighted by molar-refractivity contribution is -0.131. The van der Waals surface area contributed by atoms with Crippen molar-refractivity contribution in [2.24, 2.45) is 5.41 Å². The molecule has 0 unspecified atom stereocenters. The van der Waals surface area contributed by atoms with Crippen LogP contribution < -0.4 is 5.32 Å². The van der Waals surface area contributed by atoms with Crippen LogP contribution in [-0.4, -0.2) is 49.5 Å². The lowest BCUT2D eigenvalue weighted by atomic mass is 9.65. The summed E-state index contributed by atoms with van der Waals surface area (Å²) in [6, 6.07) is 2.36. The van der Waals surface area contributed by atoms with Crippen molar-refractivity contribution in [2.75, 3.05) is 18.4 Å². The highest BCUT2D eigenvalue weighted by Crippen LogP contribution is 2.49. The molecule has 4 rings (SSSR count). The number of carbonyl (C=O) groups excluding carboxylic acids is 1. The summed E-state index contributed by atoms with van der Waals surface area (Å²) in [5, 5.41) is 3.46. The minimum atomic E-state index is 0.296. The van der Waals surface area contributed by atoms with Gasteiger partial charge in [-0.15, -0.1) is 0 Å². The van der Waals surface area contributed by atoms with Crippen LogP contribution in [0.1, 0.15) is 32.1 Å². The van der Waals surface area contributed by atoms with Crippen molar-refractivity contribution < 1.29 is 4.79 Å². The fraction of sp³-hybridized carbons (Fsp3) is 0.556. The van der Waals surface area contributed by atoms with Crippen LogP contribution in [-0.2, 0) is 11.3 Å². The van der Waals surface area contributed by atoms with Gasteiger partial charge in [-0.3, -0.25) is 4.79 Å². The molecule has 2 fully saturated rings. The van der Waals surface area contributed by atoms with Gasteiger partial charge in [0.05, 0.1) is 6.33 Å². The van der Waals surface area contributed by atoms with Crippen LogP contribution >= 0.6 is 0 Å². The smallest absolute Gasteiger partial charge is 0.222 e. The van der Waals surface area contributed by atoms with Crippen LogP contribution in [0.2, 0.25) is 0 Å². The van der Waals surface area contributed by atoms with Gasteiger partial charge in [-0.2, -0.15) is 0 Å². The summed E-state index contributed by atoms with van der Waals surface area (Å²) >= 11 is 0. The molecular formula is C18H24N6O. The van der Waals surface area contributed by atoms with E-state index in [4.69, 9.17) is 0 Å². The SMILES string of the molecule is O=C(CCCn1ccnc1)N1CCC2(CC(Nc3ccncn3)C2)C1. The van der Waals surface area contributed by atoms with E-state index in [-0.39, 0.29) is 0 Å². The molecule has 2 aromatic rings.